The van der Waals surface area contributed by atoms with Crippen molar-refractivity contribution < 1.29 is 9.59 Å². The van der Waals surface area contributed by atoms with Crippen molar-refractivity contribution in [3.05, 3.63) is 65.7 Å². The van der Waals surface area contributed by atoms with Crippen LogP contribution in [0.25, 0.3) is 22.3 Å². The molecule has 6 nitrogen and oxygen atoms in total. The lowest BCUT2D eigenvalue weighted by Crippen LogP contribution is -2.40. The number of para-hydroxylation sites is 1. The number of aromatic nitrogens is 2. The molecule has 0 N–H and O–H groups in total. The molecule has 0 spiro atoms. The molecule has 0 aliphatic heterocycles. The Morgan fingerprint density at radius 3 is 2.47 bits per heavy atom. The van der Waals surface area contributed by atoms with E-state index in [4.69, 9.17) is 5.10 Å². The first-order valence-electron chi connectivity index (χ1n) is 9.93. The zero-order valence-corrected chi connectivity index (χ0v) is 18.3. The number of benzene rings is 1. The number of hydrogen-bond acceptors (Lipinski definition) is 4. The van der Waals surface area contributed by atoms with E-state index in [2.05, 4.69) is 0 Å². The number of nitrogens with zero attached hydrogens (tertiary/aromatic N) is 4. The van der Waals surface area contributed by atoms with E-state index in [-0.39, 0.29) is 18.4 Å². The highest BCUT2D eigenvalue weighted by Crippen LogP contribution is 2.28. The van der Waals surface area contributed by atoms with Gasteiger partial charge in [0.05, 0.1) is 17.1 Å². The predicted molar refractivity (Wildman–Crippen MR) is 121 cm³/mol. The van der Waals surface area contributed by atoms with Gasteiger partial charge in [-0.1, -0.05) is 24.3 Å². The van der Waals surface area contributed by atoms with E-state index >= 15 is 0 Å². The highest BCUT2D eigenvalue weighted by molar-refractivity contribution is 7.13. The number of carbonyl (C=O) groups excluding carboxylic acids is 2. The maximum atomic E-state index is 12.6. The minimum atomic E-state index is -0.222. The zero-order valence-electron chi connectivity index (χ0n) is 17.5. The normalized spacial score (nSPS) is 11.0. The van der Waals surface area contributed by atoms with E-state index in [0.29, 0.717) is 13.1 Å². The van der Waals surface area contributed by atoms with Crippen molar-refractivity contribution >= 4 is 29.2 Å². The molecule has 2 amide bonds. The van der Waals surface area contributed by atoms with Crippen molar-refractivity contribution in [3.63, 3.8) is 0 Å². The molecule has 0 fully saturated rings. The third kappa shape index (κ3) is 5.04. The fourth-order valence-corrected chi connectivity index (χ4v) is 3.80. The van der Waals surface area contributed by atoms with Crippen LogP contribution < -0.4 is 0 Å². The van der Waals surface area contributed by atoms with E-state index < -0.39 is 0 Å². The Morgan fingerprint density at radius 2 is 1.83 bits per heavy atom. The highest BCUT2D eigenvalue weighted by Gasteiger charge is 2.16. The third-order valence-electron chi connectivity index (χ3n) is 4.79. The van der Waals surface area contributed by atoms with Crippen LogP contribution in [0.5, 0.6) is 0 Å². The van der Waals surface area contributed by atoms with Gasteiger partial charge >= 0.3 is 0 Å². The van der Waals surface area contributed by atoms with Crippen molar-refractivity contribution in [3.8, 4) is 16.3 Å². The van der Waals surface area contributed by atoms with Crippen LogP contribution in [-0.2, 0) is 9.59 Å². The fraction of sp³-hybridized carbons (Fsp3) is 0.261. The summed E-state index contributed by atoms with van der Waals surface area (Å²) in [5, 5.41) is 6.73. The molecule has 0 saturated heterocycles. The molecular weight excluding hydrogens is 396 g/mol. The molecule has 0 saturated carbocycles. The van der Waals surface area contributed by atoms with Gasteiger partial charge in [-0.15, -0.1) is 11.3 Å². The van der Waals surface area contributed by atoms with Gasteiger partial charge in [0, 0.05) is 38.0 Å². The first-order chi connectivity index (χ1) is 14.5. The number of rotatable bonds is 8. The van der Waals surface area contributed by atoms with Crippen LogP contribution in [0.15, 0.2) is 60.1 Å². The van der Waals surface area contributed by atoms with E-state index in [1.54, 1.807) is 29.4 Å². The monoisotopic (exact) mass is 422 g/mol. The second kappa shape index (κ2) is 10.0. The van der Waals surface area contributed by atoms with Gasteiger partial charge in [0.2, 0.25) is 11.8 Å². The van der Waals surface area contributed by atoms with Crippen molar-refractivity contribution in [1.29, 1.82) is 0 Å². The summed E-state index contributed by atoms with van der Waals surface area (Å²) in [7, 11) is 1.64. The van der Waals surface area contributed by atoms with E-state index in [0.717, 1.165) is 21.8 Å². The van der Waals surface area contributed by atoms with Gasteiger partial charge in [0.25, 0.3) is 0 Å². The van der Waals surface area contributed by atoms with Crippen molar-refractivity contribution in [2.45, 2.75) is 13.8 Å². The van der Waals surface area contributed by atoms with E-state index in [9.17, 15) is 9.59 Å². The van der Waals surface area contributed by atoms with Crippen LogP contribution in [0.3, 0.4) is 0 Å². The molecule has 7 heteroatoms. The summed E-state index contributed by atoms with van der Waals surface area (Å²) in [6.07, 6.45) is 5.18. The van der Waals surface area contributed by atoms with Gasteiger partial charge in [-0.3, -0.25) is 9.59 Å². The van der Waals surface area contributed by atoms with E-state index in [1.165, 1.54) is 11.0 Å². The largest absolute Gasteiger partial charge is 0.342 e. The smallest absolute Gasteiger partial charge is 0.246 e. The molecule has 2 heterocycles. The van der Waals surface area contributed by atoms with E-state index in [1.807, 2.05) is 72.6 Å². The maximum Gasteiger partial charge on any atom is 0.246 e. The average Bonchev–Trinajstić information content (AvgIpc) is 3.43. The Balaban J connectivity index is 1.81. The summed E-state index contributed by atoms with van der Waals surface area (Å²) in [5.74, 6) is -0.277. The molecule has 0 unspecified atom stereocenters. The summed E-state index contributed by atoms with van der Waals surface area (Å²) in [4.78, 5) is 29.0. The van der Waals surface area contributed by atoms with Gasteiger partial charge < -0.3 is 9.80 Å². The van der Waals surface area contributed by atoms with Crippen LogP contribution >= 0.6 is 11.3 Å². The molecule has 0 atom stereocenters. The Hall–Kier alpha value is -3.19. The lowest BCUT2D eigenvalue weighted by Gasteiger charge is -2.22. The first-order valence-corrected chi connectivity index (χ1v) is 10.8. The minimum Gasteiger partial charge on any atom is -0.342 e. The zero-order chi connectivity index (χ0) is 21.5. The van der Waals surface area contributed by atoms with Gasteiger partial charge in [-0.05, 0) is 43.5 Å². The third-order valence-corrected chi connectivity index (χ3v) is 5.66. The number of carbonyl (C=O) groups is 2. The molecule has 0 aliphatic rings. The molecule has 3 aromatic rings. The fourth-order valence-electron chi connectivity index (χ4n) is 3.07. The van der Waals surface area contributed by atoms with Gasteiger partial charge in [-0.25, -0.2) is 4.68 Å². The maximum absolute atomic E-state index is 12.6. The first kappa shape index (κ1) is 21.5. The lowest BCUT2D eigenvalue weighted by molar-refractivity contribution is -0.136. The Labute approximate surface area is 181 Å². The lowest BCUT2D eigenvalue weighted by atomic mass is 10.2. The Kier molecular flexibility index (Phi) is 7.19. The van der Waals surface area contributed by atoms with Crippen molar-refractivity contribution in [2.24, 2.45) is 0 Å². The number of likely N-dealkylation sites (N-methyl/N-ethyl adjacent to an activating group) is 2. The molecular formula is C23H26N4O2S. The van der Waals surface area contributed by atoms with Crippen LogP contribution in [0.1, 0.15) is 19.4 Å². The van der Waals surface area contributed by atoms with Crippen LogP contribution in [0.4, 0.5) is 0 Å². The molecule has 2 aromatic heterocycles. The molecule has 30 heavy (non-hydrogen) atoms. The second-order valence-electron chi connectivity index (χ2n) is 6.78. The summed E-state index contributed by atoms with van der Waals surface area (Å²) in [6, 6.07) is 13.8. The highest BCUT2D eigenvalue weighted by atomic mass is 32.1. The van der Waals surface area contributed by atoms with Crippen LogP contribution in [0.2, 0.25) is 0 Å². The molecule has 156 valence electrons. The molecule has 0 radical (unpaired) electrons. The quantitative estimate of drug-likeness (QED) is 0.517. The molecule has 3 rings (SSSR count). The Bertz CT molecular complexity index is 1010. The van der Waals surface area contributed by atoms with Crippen LogP contribution in [-0.4, -0.2) is 58.1 Å². The van der Waals surface area contributed by atoms with Gasteiger partial charge in [-0.2, -0.15) is 5.10 Å². The minimum absolute atomic E-state index is 0.0552. The van der Waals surface area contributed by atoms with Gasteiger partial charge in [0.15, 0.2) is 0 Å². The molecule has 0 aliphatic carbocycles. The summed E-state index contributed by atoms with van der Waals surface area (Å²) in [6.45, 7) is 5.19. The average molecular weight is 423 g/mol. The molecule has 1 aromatic carbocycles. The number of hydrogen-bond donors (Lipinski definition) is 0. The van der Waals surface area contributed by atoms with Gasteiger partial charge in [0.1, 0.15) is 5.69 Å². The predicted octanol–water partition coefficient (Wildman–Crippen LogP) is 3.94. The van der Waals surface area contributed by atoms with Crippen molar-refractivity contribution in [2.75, 3.05) is 26.7 Å². The second-order valence-corrected chi connectivity index (χ2v) is 7.73. The standard InChI is InChI=1S/C23H26N4O2S/c1-4-26(5-2)22(29)17-25(3)21(28)14-13-18-16-27(19-10-7-6-8-11-19)24-23(18)20-12-9-15-30-20/h6-16H,4-5,17H2,1-3H3/b14-13+. The SMILES string of the molecule is CCN(CC)C(=O)CN(C)C(=O)/C=C/c1cn(-c2ccccc2)nc1-c1cccs1. The topological polar surface area (TPSA) is 58.4 Å². The van der Waals surface area contributed by atoms with Crippen molar-refractivity contribution in [1.82, 2.24) is 19.6 Å². The summed E-state index contributed by atoms with van der Waals surface area (Å²) < 4.78 is 1.81. The number of thiophene rings is 1. The summed E-state index contributed by atoms with van der Waals surface area (Å²) in [5.41, 5.74) is 2.61. The Morgan fingerprint density at radius 1 is 1.10 bits per heavy atom. The summed E-state index contributed by atoms with van der Waals surface area (Å²) >= 11 is 1.60. The number of amides is 2. The molecule has 0 bridgehead atoms. The van der Waals surface area contributed by atoms with Crippen LogP contribution in [0, 0.1) is 0 Å².